The van der Waals surface area contributed by atoms with Crippen LogP contribution in [0.15, 0.2) is 30.3 Å². The van der Waals surface area contributed by atoms with Gasteiger partial charge in [-0.3, -0.25) is 0 Å². The molecule has 1 aromatic carbocycles. The molecular weight excluding hydrogens is 258 g/mol. The lowest BCUT2D eigenvalue weighted by atomic mass is 10.0. The average molecular weight is 275 g/mol. The first-order valence-corrected chi connectivity index (χ1v) is 6.56. The van der Waals surface area contributed by atoms with Gasteiger partial charge in [-0.2, -0.15) is 5.26 Å². The minimum atomic E-state index is -0.439. The van der Waals surface area contributed by atoms with Crippen LogP contribution in [-0.4, -0.2) is 31.6 Å². The maximum Gasteiger partial charge on any atom is 0.338 e. The molecule has 1 aromatic rings. The second kappa shape index (κ2) is 7.04. The van der Waals surface area contributed by atoms with E-state index in [0.717, 1.165) is 0 Å². The molecule has 3 atom stereocenters. The number of nitriles is 1. The van der Waals surface area contributed by atoms with Crippen molar-refractivity contribution in [1.82, 2.24) is 0 Å². The quantitative estimate of drug-likeness (QED) is 0.788. The maximum absolute atomic E-state index is 12.0. The van der Waals surface area contributed by atoms with Crippen molar-refractivity contribution in [3.63, 3.8) is 0 Å². The monoisotopic (exact) mass is 275 g/mol. The second-order valence-corrected chi connectivity index (χ2v) is 4.59. The molecule has 0 unspecified atom stereocenters. The fourth-order valence-corrected chi connectivity index (χ4v) is 2.19. The van der Waals surface area contributed by atoms with Crippen LogP contribution in [-0.2, 0) is 14.2 Å². The summed E-state index contributed by atoms with van der Waals surface area (Å²) in [4.78, 5) is 12.0. The zero-order valence-electron chi connectivity index (χ0n) is 11.3. The lowest BCUT2D eigenvalue weighted by molar-refractivity contribution is -0.210. The Labute approximate surface area is 118 Å². The van der Waals surface area contributed by atoms with Crippen LogP contribution in [0.2, 0.25) is 0 Å². The first-order chi connectivity index (χ1) is 9.74. The second-order valence-electron chi connectivity index (χ2n) is 4.59. The lowest BCUT2D eigenvalue weighted by Gasteiger charge is -2.34. The number of methoxy groups -OCH3 is 1. The van der Waals surface area contributed by atoms with Crippen molar-refractivity contribution < 1.29 is 19.0 Å². The summed E-state index contributed by atoms with van der Waals surface area (Å²) in [5, 5.41) is 8.84. The van der Waals surface area contributed by atoms with E-state index >= 15 is 0 Å². The fourth-order valence-electron chi connectivity index (χ4n) is 2.19. The van der Waals surface area contributed by atoms with Gasteiger partial charge in [0.15, 0.2) is 6.29 Å². The highest BCUT2D eigenvalue weighted by Gasteiger charge is 2.34. The molecule has 0 spiro atoms. The first-order valence-electron chi connectivity index (χ1n) is 6.56. The van der Waals surface area contributed by atoms with Crippen LogP contribution >= 0.6 is 0 Å². The standard InChI is InChI=1S/C15H17NO4/c1-18-14-8-7-12(13(19-14)9-10-16)20-15(17)11-5-3-2-4-6-11/h2-6,12-14H,7-9H2,1H3/t12-,13+,14-/m0/s1. The van der Waals surface area contributed by atoms with E-state index in [-0.39, 0.29) is 12.7 Å². The zero-order chi connectivity index (χ0) is 14.4. The number of rotatable bonds is 4. The molecule has 0 aromatic heterocycles. The molecule has 5 heteroatoms. The molecule has 1 fully saturated rings. The minimum Gasteiger partial charge on any atom is -0.456 e. The van der Waals surface area contributed by atoms with Gasteiger partial charge in [0.2, 0.25) is 0 Å². The molecule has 1 heterocycles. The van der Waals surface area contributed by atoms with E-state index < -0.39 is 18.2 Å². The van der Waals surface area contributed by atoms with E-state index in [4.69, 9.17) is 19.5 Å². The summed E-state index contributed by atoms with van der Waals surface area (Å²) >= 11 is 0. The van der Waals surface area contributed by atoms with Crippen molar-refractivity contribution in [1.29, 1.82) is 5.26 Å². The van der Waals surface area contributed by atoms with E-state index in [1.807, 2.05) is 6.07 Å². The first kappa shape index (κ1) is 14.5. The minimum absolute atomic E-state index is 0.173. The number of nitrogens with zero attached hydrogens (tertiary/aromatic N) is 1. The van der Waals surface area contributed by atoms with Gasteiger partial charge in [0.25, 0.3) is 0 Å². The largest absolute Gasteiger partial charge is 0.456 e. The number of carbonyl (C=O) groups excluding carboxylic acids is 1. The number of hydrogen-bond acceptors (Lipinski definition) is 5. The maximum atomic E-state index is 12.0. The third kappa shape index (κ3) is 3.56. The topological polar surface area (TPSA) is 68.5 Å². The highest BCUT2D eigenvalue weighted by atomic mass is 16.7. The molecule has 1 aliphatic rings. The van der Waals surface area contributed by atoms with Gasteiger partial charge in [-0.15, -0.1) is 0 Å². The van der Waals surface area contributed by atoms with Crippen LogP contribution in [0, 0.1) is 11.3 Å². The van der Waals surface area contributed by atoms with Crippen molar-refractivity contribution in [3.8, 4) is 6.07 Å². The highest BCUT2D eigenvalue weighted by Crippen LogP contribution is 2.25. The Bertz CT molecular complexity index is 482. The van der Waals surface area contributed by atoms with Crippen LogP contribution in [0.1, 0.15) is 29.6 Å². The molecule has 1 aliphatic heterocycles. The SMILES string of the molecule is CO[C@@H]1CC[C@H](OC(=O)c2ccccc2)[C@@H](CC#N)O1. The fraction of sp³-hybridized carbons (Fsp3) is 0.467. The van der Waals surface area contributed by atoms with Crippen LogP contribution < -0.4 is 0 Å². The van der Waals surface area contributed by atoms with Gasteiger partial charge in [0.1, 0.15) is 12.2 Å². The summed E-state index contributed by atoms with van der Waals surface area (Å²) in [6.45, 7) is 0. The van der Waals surface area contributed by atoms with Crippen molar-refractivity contribution in [2.75, 3.05) is 7.11 Å². The normalized spacial score (nSPS) is 25.7. The number of ether oxygens (including phenoxy) is 3. The molecule has 0 saturated carbocycles. The van der Waals surface area contributed by atoms with E-state index in [0.29, 0.717) is 18.4 Å². The zero-order valence-corrected chi connectivity index (χ0v) is 11.3. The number of esters is 1. The Morgan fingerprint density at radius 2 is 2.15 bits per heavy atom. The van der Waals surface area contributed by atoms with Crippen molar-refractivity contribution in [2.45, 2.75) is 37.8 Å². The van der Waals surface area contributed by atoms with Crippen molar-refractivity contribution in [2.24, 2.45) is 0 Å². The van der Waals surface area contributed by atoms with Crippen LogP contribution in [0.3, 0.4) is 0 Å². The van der Waals surface area contributed by atoms with Gasteiger partial charge < -0.3 is 14.2 Å². The molecule has 5 nitrogen and oxygen atoms in total. The third-order valence-corrected chi connectivity index (χ3v) is 3.25. The summed E-state index contributed by atoms with van der Waals surface area (Å²) in [6, 6.07) is 10.8. The molecule has 0 aliphatic carbocycles. The molecule has 0 radical (unpaired) electrons. The van der Waals surface area contributed by atoms with Crippen LogP contribution in [0.5, 0.6) is 0 Å². The number of benzene rings is 1. The highest BCUT2D eigenvalue weighted by molar-refractivity contribution is 5.89. The predicted octanol–water partition coefficient (Wildman–Crippen LogP) is 2.28. The Morgan fingerprint density at radius 3 is 2.80 bits per heavy atom. The molecule has 0 amide bonds. The van der Waals surface area contributed by atoms with Gasteiger partial charge in [-0.05, 0) is 18.6 Å². The molecule has 20 heavy (non-hydrogen) atoms. The summed E-state index contributed by atoms with van der Waals surface area (Å²) in [5.41, 5.74) is 0.497. The molecule has 106 valence electrons. The van der Waals surface area contributed by atoms with Gasteiger partial charge >= 0.3 is 5.97 Å². The summed E-state index contributed by atoms with van der Waals surface area (Å²) < 4.78 is 16.2. The molecular formula is C15H17NO4. The Kier molecular flexibility index (Phi) is 5.10. The average Bonchev–Trinajstić information content (AvgIpc) is 2.50. The molecule has 1 saturated heterocycles. The van der Waals surface area contributed by atoms with E-state index in [9.17, 15) is 4.79 Å². The van der Waals surface area contributed by atoms with Crippen LogP contribution in [0.25, 0.3) is 0 Å². The summed E-state index contributed by atoms with van der Waals surface area (Å²) in [7, 11) is 1.56. The van der Waals surface area contributed by atoms with E-state index in [2.05, 4.69) is 6.07 Å². The van der Waals surface area contributed by atoms with Gasteiger partial charge in [-0.1, -0.05) is 18.2 Å². The van der Waals surface area contributed by atoms with Gasteiger partial charge in [0.05, 0.1) is 18.1 Å². The van der Waals surface area contributed by atoms with Crippen molar-refractivity contribution >= 4 is 5.97 Å². The molecule has 2 rings (SSSR count). The van der Waals surface area contributed by atoms with Gasteiger partial charge in [-0.25, -0.2) is 4.79 Å². The smallest absolute Gasteiger partial charge is 0.338 e. The summed E-state index contributed by atoms with van der Waals surface area (Å²) in [6.07, 6.45) is 0.265. The summed E-state index contributed by atoms with van der Waals surface area (Å²) in [5.74, 6) is -0.391. The third-order valence-electron chi connectivity index (χ3n) is 3.25. The molecule has 0 bridgehead atoms. The molecule has 0 N–H and O–H groups in total. The van der Waals surface area contributed by atoms with E-state index in [1.165, 1.54) is 0 Å². The number of hydrogen-bond donors (Lipinski definition) is 0. The predicted molar refractivity (Wildman–Crippen MR) is 70.8 cm³/mol. The van der Waals surface area contributed by atoms with E-state index in [1.54, 1.807) is 31.4 Å². The van der Waals surface area contributed by atoms with Gasteiger partial charge in [0, 0.05) is 13.5 Å². The van der Waals surface area contributed by atoms with Crippen LogP contribution in [0.4, 0.5) is 0 Å². The number of carbonyl (C=O) groups is 1. The van der Waals surface area contributed by atoms with Crippen molar-refractivity contribution in [3.05, 3.63) is 35.9 Å². The Morgan fingerprint density at radius 1 is 1.40 bits per heavy atom. The Hall–Kier alpha value is -1.90. The lowest BCUT2D eigenvalue weighted by Crippen LogP contribution is -2.42. The Balaban J connectivity index is 2.00.